The van der Waals surface area contributed by atoms with E-state index in [0.29, 0.717) is 12.3 Å². The fraction of sp³-hybridized carbons (Fsp3) is 0.0952. The van der Waals surface area contributed by atoms with E-state index in [-0.39, 0.29) is 27.2 Å². The predicted octanol–water partition coefficient (Wildman–Crippen LogP) is 4.44. The summed E-state index contributed by atoms with van der Waals surface area (Å²) < 4.78 is 95.5. The molecular formula is C21H10F7N5O2. The Morgan fingerprint density at radius 1 is 1.09 bits per heavy atom. The highest BCUT2D eigenvalue weighted by molar-refractivity contribution is 6.05. The van der Waals surface area contributed by atoms with E-state index in [9.17, 15) is 40.3 Å². The Kier molecular flexibility index (Phi) is 5.69. The fourth-order valence-electron chi connectivity index (χ4n) is 3.39. The number of nitrogens with zero attached hydrogens (tertiary/aromatic N) is 3. The smallest absolute Gasteiger partial charge is 0.352 e. The number of pyridine rings is 1. The van der Waals surface area contributed by atoms with Gasteiger partial charge in [-0.05, 0) is 24.3 Å². The Bertz CT molecular complexity index is 1420. The van der Waals surface area contributed by atoms with Crippen LogP contribution in [-0.2, 0) is 17.1 Å². The van der Waals surface area contributed by atoms with E-state index in [4.69, 9.17) is 0 Å². The van der Waals surface area contributed by atoms with Crippen molar-refractivity contribution in [3.8, 4) is 5.69 Å². The van der Waals surface area contributed by atoms with E-state index in [0.717, 1.165) is 12.1 Å². The lowest BCUT2D eigenvalue weighted by Crippen LogP contribution is -2.22. The van der Waals surface area contributed by atoms with E-state index in [1.54, 1.807) is 5.94 Å². The normalized spacial score (nSPS) is 13.2. The average Bonchev–Trinajstić information content (AvgIpc) is 3.15. The molecule has 2 N–H and O–H groups in total. The highest BCUT2D eigenvalue weighted by Gasteiger charge is 2.44. The fourth-order valence-corrected chi connectivity index (χ4v) is 3.39. The maximum absolute atomic E-state index is 14.7. The van der Waals surface area contributed by atoms with Gasteiger partial charge in [0.15, 0.2) is 11.6 Å². The molecule has 0 bridgehead atoms. The van der Waals surface area contributed by atoms with Crippen LogP contribution in [0.25, 0.3) is 17.5 Å². The Labute approximate surface area is 190 Å². The molecule has 3 heterocycles. The molecule has 4 rings (SSSR count). The van der Waals surface area contributed by atoms with Crippen molar-refractivity contribution >= 4 is 29.3 Å². The molecular weight excluding hydrogens is 487 g/mol. The van der Waals surface area contributed by atoms with Crippen molar-refractivity contribution in [1.29, 1.82) is 0 Å². The molecule has 0 spiro atoms. The zero-order chi connectivity index (χ0) is 25.5. The third-order valence-electron chi connectivity index (χ3n) is 4.81. The average molecular weight is 497 g/mol. The summed E-state index contributed by atoms with van der Waals surface area (Å²) in [7, 11) is 0. The van der Waals surface area contributed by atoms with Crippen molar-refractivity contribution in [2.75, 3.05) is 5.32 Å². The molecule has 0 saturated heterocycles. The number of amides is 1. The number of aromatic nitrogens is 3. The summed E-state index contributed by atoms with van der Waals surface area (Å²) in [5.41, 5.74) is -5.55. The van der Waals surface area contributed by atoms with Crippen LogP contribution in [-0.4, -0.2) is 26.6 Å². The standard InChI is InChI=1S/C21H10F7N5O2/c22-18-16(19(35)31-10-4-6-30-15(8-10)20(23,24)25)17(21(26,27)28)33(32-18)14-3-1-2-11-12(14)5-7-29-13(11)9-34/h1-8,29H,(H,30,31,35). The van der Waals surface area contributed by atoms with Gasteiger partial charge in [0.2, 0.25) is 5.95 Å². The first-order valence-electron chi connectivity index (χ1n) is 9.44. The summed E-state index contributed by atoms with van der Waals surface area (Å²) in [4.78, 5) is 26.8. The molecule has 35 heavy (non-hydrogen) atoms. The quantitative estimate of drug-likeness (QED) is 0.413. The van der Waals surface area contributed by atoms with Crippen molar-refractivity contribution in [3.05, 3.63) is 76.8 Å². The van der Waals surface area contributed by atoms with Gasteiger partial charge in [-0.3, -0.25) is 9.78 Å². The van der Waals surface area contributed by atoms with Crippen molar-refractivity contribution in [3.63, 3.8) is 0 Å². The third kappa shape index (κ3) is 4.38. The van der Waals surface area contributed by atoms with Crippen LogP contribution in [0.2, 0.25) is 0 Å². The van der Waals surface area contributed by atoms with Gasteiger partial charge in [-0.1, -0.05) is 12.1 Å². The number of hydrogen-bond acceptors (Lipinski definition) is 5. The van der Waals surface area contributed by atoms with Crippen LogP contribution in [0.5, 0.6) is 0 Å². The van der Waals surface area contributed by atoms with Gasteiger partial charge in [-0.2, -0.15) is 30.7 Å². The minimum absolute atomic E-state index is 0.0495. The van der Waals surface area contributed by atoms with Crippen LogP contribution in [0.3, 0.4) is 0 Å². The van der Waals surface area contributed by atoms with E-state index >= 15 is 0 Å². The minimum Gasteiger partial charge on any atom is -0.352 e. The highest BCUT2D eigenvalue weighted by atomic mass is 19.4. The van der Waals surface area contributed by atoms with Gasteiger partial charge >= 0.3 is 12.4 Å². The summed E-state index contributed by atoms with van der Waals surface area (Å²) in [6.07, 6.45) is -6.98. The lowest BCUT2D eigenvalue weighted by atomic mass is 10.0. The number of rotatable bonds is 3. The first-order valence-corrected chi connectivity index (χ1v) is 9.44. The van der Waals surface area contributed by atoms with Gasteiger partial charge in [0.1, 0.15) is 17.0 Å². The molecule has 1 aliphatic heterocycles. The SMILES string of the molecule is O=C=C1NC=Cc2c1cccc2-n1nc(F)c(C(=O)Nc2ccnc(C(F)(F)F)c2)c1C(F)(F)F. The Balaban J connectivity index is 1.84. The van der Waals surface area contributed by atoms with Crippen molar-refractivity contribution < 1.29 is 40.3 Å². The maximum Gasteiger partial charge on any atom is 0.434 e. The number of anilines is 1. The molecule has 0 fully saturated rings. The zero-order valence-electron chi connectivity index (χ0n) is 16.9. The van der Waals surface area contributed by atoms with Gasteiger partial charge in [0, 0.05) is 29.2 Å². The molecule has 1 aromatic carbocycles. The monoisotopic (exact) mass is 497 g/mol. The molecule has 0 unspecified atom stereocenters. The summed E-state index contributed by atoms with van der Waals surface area (Å²) >= 11 is 0. The topological polar surface area (TPSA) is 88.9 Å². The van der Waals surface area contributed by atoms with Crippen LogP contribution >= 0.6 is 0 Å². The number of nitrogens with one attached hydrogen (secondary N) is 2. The first kappa shape index (κ1) is 23.7. The number of hydrogen-bond donors (Lipinski definition) is 2. The molecule has 1 aliphatic rings. The van der Waals surface area contributed by atoms with E-state index < -0.39 is 46.8 Å². The number of carbonyl (C=O) groups excluding carboxylic acids is 2. The molecule has 0 radical (unpaired) electrons. The predicted molar refractivity (Wildman–Crippen MR) is 107 cm³/mol. The summed E-state index contributed by atoms with van der Waals surface area (Å²) in [6, 6.07) is 5.10. The van der Waals surface area contributed by atoms with Crippen LogP contribution in [0.15, 0.2) is 42.7 Å². The number of alkyl halides is 6. The van der Waals surface area contributed by atoms with Crippen LogP contribution in [0.4, 0.5) is 36.4 Å². The van der Waals surface area contributed by atoms with E-state index in [1.165, 1.54) is 24.4 Å². The van der Waals surface area contributed by atoms with Crippen molar-refractivity contribution in [2.45, 2.75) is 12.4 Å². The first-order chi connectivity index (χ1) is 16.4. The number of halogens is 7. The molecule has 3 aromatic rings. The number of carbonyl (C=O) groups is 1. The summed E-state index contributed by atoms with van der Waals surface area (Å²) in [5, 5.41) is 7.62. The Morgan fingerprint density at radius 2 is 1.83 bits per heavy atom. The van der Waals surface area contributed by atoms with Gasteiger partial charge < -0.3 is 10.6 Å². The lowest BCUT2D eigenvalue weighted by Gasteiger charge is -2.18. The van der Waals surface area contributed by atoms with E-state index in [1.807, 2.05) is 5.32 Å². The number of fused-ring (bicyclic) bond motifs is 1. The zero-order valence-corrected chi connectivity index (χ0v) is 16.9. The highest BCUT2D eigenvalue weighted by Crippen LogP contribution is 2.37. The summed E-state index contributed by atoms with van der Waals surface area (Å²) in [6.45, 7) is 0. The van der Waals surface area contributed by atoms with Gasteiger partial charge in [0.05, 0.1) is 5.69 Å². The second-order valence-corrected chi connectivity index (χ2v) is 7.00. The molecule has 180 valence electrons. The van der Waals surface area contributed by atoms with Crippen LogP contribution in [0.1, 0.15) is 32.9 Å². The van der Waals surface area contributed by atoms with Crippen molar-refractivity contribution in [2.24, 2.45) is 0 Å². The van der Waals surface area contributed by atoms with Gasteiger partial charge in [0.25, 0.3) is 5.91 Å². The van der Waals surface area contributed by atoms with Crippen LogP contribution < -0.4 is 10.6 Å². The largest absolute Gasteiger partial charge is 0.434 e. The van der Waals surface area contributed by atoms with Crippen LogP contribution in [0, 0.1) is 5.95 Å². The van der Waals surface area contributed by atoms with E-state index in [2.05, 4.69) is 15.4 Å². The molecule has 0 aliphatic carbocycles. The Hall–Kier alpha value is -4.45. The lowest BCUT2D eigenvalue weighted by molar-refractivity contribution is -0.143. The maximum atomic E-state index is 14.7. The number of benzene rings is 1. The summed E-state index contributed by atoms with van der Waals surface area (Å²) in [5.74, 6) is -1.91. The molecule has 14 heteroatoms. The molecule has 0 saturated carbocycles. The van der Waals surface area contributed by atoms with Gasteiger partial charge in [-0.15, -0.1) is 5.10 Å². The van der Waals surface area contributed by atoms with Crippen molar-refractivity contribution in [1.82, 2.24) is 20.1 Å². The third-order valence-corrected chi connectivity index (χ3v) is 4.81. The molecule has 7 nitrogen and oxygen atoms in total. The minimum atomic E-state index is -5.32. The molecule has 1 amide bonds. The van der Waals surface area contributed by atoms with Gasteiger partial charge in [-0.25, -0.2) is 9.48 Å². The molecule has 0 atom stereocenters. The second-order valence-electron chi connectivity index (χ2n) is 7.00. The molecule has 2 aromatic heterocycles. The Morgan fingerprint density at radius 3 is 2.49 bits per heavy atom. The second kappa shape index (κ2) is 8.40.